The number of aryl methyl sites for hydroxylation is 1. The first-order valence-corrected chi connectivity index (χ1v) is 6.37. The van der Waals surface area contributed by atoms with Crippen molar-refractivity contribution in [1.29, 1.82) is 0 Å². The third-order valence-electron chi connectivity index (χ3n) is 2.89. The molecule has 1 unspecified atom stereocenters. The van der Waals surface area contributed by atoms with E-state index < -0.39 is 23.7 Å². The van der Waals surface area contributed by atoms with Gasteiger partial charge in [-0.05, 0) is 24.1 Å². The topological polar surface area (TPSA) is 75.6 Å². The number of rotatable bonds is 8. The van der Waals surface area contributed by atoms with E-state index in [1.807, 2.05) is 0 Å². The zero-order chi connectivity index (χ0) is 15.8. The molecule has 0 heterocycles. The summed E-state index contributed by atoms with van der Waals surface area (Å²) in [5.41, 5.74) is 0.512. The average Bonchev–Trinajstić information content (AvgIpc) is 2.44. The number of methoxy groups -OCH3 is 1. The van der Waals surface area contributed by atoms with Gasteiger partial charge < -0.3 is 15.2 Å². The van der Waals surface area contributed by atoms with Crippen molar-refractivity contribution in [1.82, 2.24) is 5.32 Å². The van der Waals surface area contributed by atoms with Crippen LogP contribution in [0.25, 0.3) is 0 Å². The molecule has 0 saturated heterocycles. The van der Waals surface area contributed by atoms with Crippen molar-refractivity contribution in [2.24, 2.45) is 0 Å². The first-order valence-electron chi connectivity index (χ1n) is 6.37. The van der Waals surface area contributed by atoms with Crippen molar-refractivity contribution in [3.8, 4) is 0 Å². The molecule has 1 aromatic rings. The number of nitrogens with one attached hydrogen (secondary N) is 1. The molecule has 7 heteroatoms. The fraction of sp³-hybridized carbons (Fsp3) is 0.429. The van der Waals surface area contributed by atoms with Crippen molar-refractivity contribution < 1.29 is 28.2 Å². The van der Waals surface area contributed by atoms with Crippen LogP contribution in [-0.2, 0) is 20.7 Å². The van der Waals surface area contributed by atoms with Gasteiger partial charge in [-0.3, -0.25) is 9.59 Å². The maximum atomic E-state index is 13.0. The van der Waals surface area contributed by atoms with Gasteiger partial charge in [0.25, 0.3) is 0 Å². The molecule has 5 nitrogen and oxygen atoms in total. The number of hydrogen-bond acceptors (Lipinski definition) is 3. The first-order chi connectivity index (χ1) is 9.92. The lowest BCUT2D eigenvalue weighted by molar-refractivity contribution is -0.140. The van der Waals surface area contributed by atoms with Crippen LogP contribution in [0.3, 0.4) is 0 Å². The van der Waals surface area contributed by atoms with Gasteiger partial charge in [-0.25, -0.2) is 8.78 Å². The van der Waals surface area contributed by atoms with Crippen LogP contribution in [0.15, 0.2) is 18.2 Å². The molecule has 0 aliphatic heterocycles. The normalized spacial score (nSPS) is 12.0. The van der Waals surface area contributed by atoms with E-state index in [1.165, 1.54) is 13.2 Å². The van der Waals surface area contributed by atoms with E-state index in [0.717, 1.165) is 12.1 Å². The second-order valence-electron chi connectivity index (χ2n) is 4.51. The number of benzene rings is 1. The molecule has 1 amide bonds. The van der Waals surface area contributed by atoms with Gasteiger partial charge in [0.15, 0.2) is 11.6 Å². The van der Waals surface area contributed by atoms with Crippen molar-refractivity contribution in [2.75, 3.05) is 13.7 Å². The van der Waals surface area contributed by atoms with Crippen LogP contribution in [0, 0.1) is 11.6 Å². The lowest BCUT2D eigenvalue weighted by Gasteiger charge is -2.13. The Hall–Kier alpha value is -2.02. The number of carbonyl (C=O) groups excluding carboxylic acids is 1. The monoisotopic (exact) mass is 301 g/mol. The number of ether oxygens (including phenoxy) is 1. The highest BCUT2D eigenvalue weighted by molar-refractivity contribution is 5.76. The number of halogens is 2. The summed E-state index contributed by atoms with van der Waals surface area (Å²) in [4.78, 5) is 22.1. The predicted octanol–water partition coefficient (Wildman–Crippen LogP) is 1.50. The van der Waals surface area contributed by atoms with Gasteiger partial charge in [0.2, 0.25) is 5.91 Å². The minimum atomic E-state index is -1.02. The summed E-state index contributed by atoms with van der Waals surface area (Å²) in [6.45, 7) is 0.0828. The molecule has 0 aromatic heterocycles. The minimum Gasteiger partial charge on any atom is -0.481 e. The van der Waals surface area contributed by atoms with E-state index in [2.05, 4.69) is 5.32 Å². The largest absolute Gasteiger partial charge is 0.481 e. The molecule has 0 saturated carbocycles. The summed E-state index contributed by atoms with van der Waals surface area (Å²) < 4.78 is 30.6. The van der Waals surface area contributed by atoms with Crippen LogP contribution >= 0.6 is 0 Å². The number of aliphatic carboxylic acids is 1. The molecular weight excluding hydrogens is 284 g/mol. The van der Waals surface area contributed by atoms with Crippen LogP contribution in [0.4, 0.5) is 8.78 Å². The van der Waals surface area contributed by atoms with E-state index in [0.29, 0.717) is 5.56 Å². The SMILES string of the molecule is COC(CNC(=O)CCc1ccc(F)c(F)c1)CC(=O)O. The third kappa shape index (κ3) is 6.31. The summed E-state index contributed by atoms with van der Waals surface area (Å²) >= 11 is 0. The minimum absolute atomic E-state index is 0.0828. The van der Waals surface area contributed by atoms with Crippen LogP contribution in [-0.4, -0.2) is 36.7 Å². The van der Waals surface area contributed by atoms with Gasteiger partial charge in [-0.1, -0.05) is 6.07 Å². The Balaban J connectivity index is 2.36. The summed E-state index contributed by atoms with van der Waals surface area (Å²) in [6.07, 6.45) is -0.455. The van der Waals surface area contributed by atoms with Crippen LogP contribution < -0.4 is 5.32 Å². The Kier molecular flexibility index (Phi) is 6.74. The fourth-order valence-electron chi connectivity index (χ4n) is 1.70. The standard InChI is InChI=1S/C14H17F2NO4/c1-21-10(7-14(19)20)8-17-13(18)5-3-9-2-4-11(15)12(16)6-9/h2,4,6,10H,3,5,7-8H2,1H3,(H,17,18)(H,19,20). The lowest BCUT2D eigenvalue weighted by Crippen LogP contribution is -2.34. The van der Waals surface area contributed by atoms with Crippen molar-refractivity contribution in [3.63, 3.8) is 0 Å². The van der Waals surface area contributed by atoms with E-state index >= 15 is 0 Å². The second-order valence-corrected chi connectivity index (χ2v) is 4.51. The highest BCUT2D eigenvalue weighted by Gasteiger charge is 2.13. The summed E-state index contributed by atoms with van der Waals surface area (Å²) in [5.74, 6) is -3.21. The maximum Gasteiger partial charge on any atom is 0.306 e. The molecule has 21 heavy (non-hydrogen) atoms. The molecule has 2 N–H and O–H groups in total. The van der Waals surface area contributed by atoms with E-state index in [9.17, 15) is 18.4 Å². The highest BCUT2D eigenvalue weighted by Crippen LogP contribution is 2.10. The van der Waals surface area contributed by atoms with Crippen LogP contribution in [0.1, 0.15) is 18.4 Å². The van der Waals surface area contributed by atoms with Gasteiger partial charge in [-0.2, -0.15) is 0 Å². The Labute approximate surface area is 120 Å². The van der Waals surface area contributed by atoms with E-state index in [4.69, 9.17) is 9.84 Å². The summed E-state index contributed by atoms with van der Waals surface area (Å²) in [5, 5.41) is 11.2. The fourth-order valence-corrected chi connectivity index (χ4v) is 1.70. The average molecular weight is 301 g/mol. The Morgan fingerprint density at radius 1 is 1.33 bits per heavy atom. The zero-order valence-electron chi connectivity index (χ0n) is 11.6. The molecule has 0 spiro atoms. The number of carbonyl (C=O) groups is 2. The maximum absolute atomic E-state index is 13.0. The van der Waals surface area contributed by atoms with Crippen molar-refractivity contribution in [3.05, 3.63) is 35.4 Å². The zero-order valence-corrected chi connectivity index (χ0v) is 11.6. The molecule has 0 radical (unpaired) electrons. The van der Waals surface area contributed by atoms with Gasteiger partial charge in [0.1, 0.15) is 0 Å². The third-order valence-corrected chi connectivity index (χ3v) is 2.89. The number of carboxylic acid groups (broad SMARTS) is 1. The van der Waals surface area contributed by atoms with Gasteiger partial charge in [-0.15, -0.1) is 0 Å². The van der Waals surface area contributed by atoms with E-state index in [1.54, 1.807) is 0 Å². The highest BCUT2D eigenvalue weighted by atomic mass is 19.2. The first kappa shape index (κ1) is 17.0. The lowest BCUT2D eigenvalue weighted by atomic mass is 10.1. The Morgan fingerprint density at radius 2 is 2.05 bits per heavy atom. The molecule has 1 rings (SSSR count). The molecule has 1 atom stereocenters. The van der Waals surface area contributed by atoms with Crippen molar-refractivity contribution >= 4 is 11.9 Å². The number of hydrogen-bond donors (Lipinski definition) is 2. The Morgan fingerprint density at radius 3 is 2.62 bits per heavy atom. The quantitative estimate of drug-likeness (QED) is 0.763. The van der Waals surface area contributed by atoms with Gasteiger partial charge in [0.05, 0.1) is 12.5 Å². The summed E-state index contributed by atoms with van der Waals surface area (Å²) in [6, 6.07) is 3.47. The number of carboxylic acids is 1. The van der Waals surface area contributed by atoms with Crippen LogP contribution in [0.5, 0.6) is 0 Å². The molecule has 0 bridgehead atoms. The molecule has 0 fully saturated rings. The molecule has 1 aromatic carbocycles. The van der Waals surface area contributed by atoms with E-state index in [-0.39, 0.29) is 31.7 Å². The molecule has 0 aliphatic carbocycles. The van der Waals surface area contributed by atoms with Crippen molar-refractivity contribution in [2.45, 2.75) is 25.4 Å². The van der Waals surface area contributed by atoms with Gasteiger partial charge in [0, 0.05) is 20.1 Å². The second kappa shape index (κ2) is 8.31. The molecule has 0 aliphatic rings. The summed E-state index contributed by atoms with van der Waals surface area (Å²) in [7, 11) is 1.36. The van der Waals surface area contributed by atoms with Crippen LogP contribution in [0.2, 0.25) is 0 Å². The molecule has 116 valence electrons. The Bertz CT molecular complexity index is 508. The van der Waals surface area contributed by atoms with Gasteiger partial charge >= 0.3 is 5.97 Å². The molecular formula is C14H17F2NO4. The smallest absolute Gasteiger partial charge is 0.306 e. The predicted molar refractivity (Wildman–Crippen MR) is 70.7 cm³/mol. The number of amides is 1.